The summed E-state index contributed by atoms with van der Waals surface area (Å²) >= 11 is 0. The molecule has 4 heteroatoms. The topological polar surface area (TPSA) is 58.9 Å². The van der Waals surface area contributed by atoms with Crippen molar-refractivity contribution in [2.45, 2.75) is 40.5 Å². The van der Waals surface area contributed by atoms with Crippen LogP contribution >= 0.6 is 0 Å². The summed E-state index contributed by atoms with van der Waals surface area (Å²) in [6.45, 7) is 7.94. The van der Waals surface area contributed by atoms with Crippen molar-refractivity contribution in [1.82, 2.24) is 0 Å². The van der Waals surface area contributed by atoms with E-state index in [1.807, 2.05) is 13.8 Å². The Balaban J connectivity index is 3.89. The molecular formula is C12H20N2O2. The van der Waals surface area contributed by atoms with E-state index >= 15 is 0 Å². The Labute approximate surface area is 96.9 Å². The Morgan fingerprint density at radius 1 is 0.750 bits per heavy atom. The molecule has 4 nitrogen and oxygen atoms in total. The minimum absolute atomic E-state index is 0.123. The third-order valence-electron chi connectivity index (χ3n) is 1.87. The molecule has 0 heterocycles. The van der Waals surface area contributed by atoms with Crippen LogP contribution in [0.4, 0.5) is 0 Å². The highest BCUT2D eigenvalue weighted by molar-refractivity contribution is 6.00. The Morgan fingerprint density at radius 2 is 1.06 bits per heavy atom. The number of carbonyl (C=O) groups is 2. The number of hydrogen-bond acceptors (Lipinski definition) is 4. The van der Waals surface area contributed by atoms with Gasteiger partial charge in [0.05, 0.1) is 13.1 Å². The summed E-state index contributed by atoms with van der Waals surface area (Å²) in [7, 11) is 0. The van der Waals surface area contributed by atoms with Crippen LogP contribution in [0.3, 0.4) is 0 Å². The fourth-order valence-electron chi connectivity index (χ4n) is 1.31. The summed E-state index contributed by atoms with van der Waals surface area (Å²) in [6, 6.07) is 0. The minimum Gasteiger partial charge on any atom is -0.300 e. The fourth-order valence-corrected chi connectivity index (χ4v) is 1.31. The summed E-state index contributed by atoms with van der Waals surface area (Å²) in [4.78, 5) is 30.0. The van der Waals surface area contributed by atoms with Crippen LogP contribution in [-0.2, 0) is 9.59 Å². The molecule has 0 aliphatic carbocycles. The van der Waals surface area contributed by atoms with Crippen molar-refractivity contribution >= 4 is 23.0 Å². The number of hydrogen-bond donors (Lipinski definition) is 0. The van der Waals surface area contributed by atoms with E-state index in [-0.39, 0.29) is 11.6 Å². The number of aliphatic imine (C=N–C) groups is 2. The number of nitrogens with zero attached hydrogens (tertiary/aromatic N) is 2. The first-order valence-corrected chi connectivity index (χ1v) is 5.40. The molecule has 0 rings (SSSR count). The van der Waals surface area contributed by atoms with Crippen LogP contribution in [0.2, 0.25) is 0 Å². The monoisotopic (exact) mass is 224 g/mol. The van der Waals surface area contributed by atoms with Gasteiger partial charge in [-0.05, 0) is 27.7 Å². The summed E-state index contributed by atoms with van der Waals surface area (Å²) in [5.74, 6) is 0.245. The third kappa shape index (κ3) is 9.24. The van der Waals surface area contributed by atoms with Gasteiger partial charge >= 0.3 is 0 Å². The lowest BCUT2D eigenvalue weighted by Crippen LogP contribution is -2.04. The molecule has 0 aliphatic heterocycles. The van der Waals surface area contributed by atoms with E-state index < -0.39 is 0 Å². The van der Waals surface area contributed by atoms with Gasteiger partial charge in [-0.2, -0.15) is 0 Å². The lowest BCUT2D eigenvalue weighted by atomic mass is 10.2. The molecule has 16 heavy (non-hydrogen) atoms. The molecule has 0 aliphatic rings. The zero-order chi connectivity index (χ0) is 12.6. The number of carbonyl (C=O) groups excluding carboxylic acids is 2. The van der Waals surface area contributed by atoms with E-state index in [9.17, 15) is 9.59 Å². The molecule has 90 valence electrons. The van der Waals surface area contributed by atoms with Gasteiger partial charge in [0.1, 0.15) is 11.6 Å². The first kappa shape index (κ1) is 14.7. The van der Waals surface area contributed by atoms with E-state index in [4.69, 9.17) is 0 Å². The molecule has 0 saturated heterocycles. The van der Waals surface area contributed by atoms with Crippen LogP contribution in [0.1, 0.15) is 40.5 Å². The van der Waals surface area contributed by atoms with Crippen LogP contribution in [-0.4, -0.2) is 36.1 Å². The SMILES string of the molecule is CC(=O)C/C(C)=N\CC/N=C(\C)CC(C)=O. The molecule has 0 saturated carbocycles. The molecule has 0 N–H and O–H groups in total. The Bertz CT molecular complexity index is 285. The van der Waals surface area contributed by atoms with Gasteiger partial charge in [-0.1, -0.05) is 0 Å². The maximum absolute atomic E-state index is 10.8. The second kappa shape index (κ2) is 7.91. The van der Waals surface area contributed by atoms with E-state index in [0.717, 1.165) is 11.4 Å². The molecule has 0 amide bonds. The van der Waals surface area contributed by atoms with E-state index in [1.54, 1.807) is 13.8 Å². The highest BCUT2D eigenvalue weighted by Gasteiger charge is 1.97. The van der Waals surface area contributed by atoms with Gasteiger partial charge in [-0.15, -0.1) is 0 Å². The maximum Gasteiger partial charge on any atom is 0.135 e. The Kier molecular flexibility index (Phi) is 7.25. The highest BCUT2D eigenvalue weighted by atomic mass is 16.1. The molecule has 0 spiro atoms. The molecule has 0 aromatic heterocycles. The average Bonchev–Trinajstić information content (AvgIpc) is 2.10. The van der Waals surface area contributed by atoms with E-state index in [1.165, 1.54) is 0 Å². The normalized spacial score (nSPS) is 12.8. The second-order valence-corrected chi connectivity index (χ2v) is 3.99. The largest absolute Gasteiger partial charge is 0.300 e. The Hall–Kier alpha value is -1.32. The van der Waals surface area contributed by atoms with Crippen molar-refractivity contribution in [3.8, 4) is 0 Å². The summed E-state index contributed by atoms with van der Waals surface area (Å²) < 4.78 is 0. The van der Waals surface area contributed by atoms with Crippen molar-refractivity contribution in [3.05, 3.63) is 0 Å². The van der Waals surface area contributed by atoms with Crippen molar-refractivity contribution < 1.29 is 9.59 Å². The molecule has 0 radical (unpaired) electrons. The molecule has 0 unspecified atom stereocenters. The first-order valence-electron chi connectivity index (χ1n) is 5.40. The molecule has 0 bridgehead atoms. The van der Waals surface area contributed by atoms with Gasteiger partial charge in [0.2, 0.25) is 0 Å². The highest BCUT2D eigenvalue weighted by Crippen LogP contribution is 1.91. The smallest absolute Gasteiger partial charge is 0.135 e. The number of rotatable bonds is 7. The lowest BCUT2D eigenvalue weighted by molar-refractivity contribution is -0.116. The van der Waals surface area contributed by atoms with Gasteiger partial charge in [-0.25, -0.2) is 0 Å². The van der Waals surface area contributed by atoms with Gasteiger partial charge < -0.3 is 0 Å². The zero-order valence-corrected chi connectivity index (χ0v) is 10.5. The number of Topliss-reactive ketones (excluding diaryl/α,β-unsaturated/α-hetero) is 2. The zero-order valence-electron chi connectivity index (χ0n) is 10.5. The van der Waals surface area contributed by atoms with Gasteiger partial charge in [-0.3, -0.25) is 19.6 Å². The van der Waals surface area contributed by atoms with Crippen LogP contribution in [0.15, 0.2) is 9.98 Å². The molecule has 0 atom stereocenters. The predicted octanol–water partition coefficient (Wildman–Crippen LogP) is 1.87. The summed E-state index contributed by atoms with van der Waals surface area (Å²) in [6.07, 6.45) is 0.826. The summed E-state index contributed by atoms with van der Waals surface area (Å²) in [5.41, 5.74) is 1.68. The number of ketones is 2. The van der Waals surface area contributed by atoms with Crippen molar-refractivity contribution in [2.24, 2.45) is 9.98 Å². The van der Waals surface area contributed by atoms with Gasteiger partial charge in [0.15, 0.2) is 0 Å². The van der Waals surface area contributed by atoms with Crippen LogP contribution in [0.25, 0.3) is 0 Å². The van der Waals surface area contributed by atoms with Gasteiger partial charge in [0.25, 0.3) is 0 Å². The van der Waals surface area contributed by atoms with Crippen molar-refractivity contribution in [1.29, 1.82) is 0 Å². The van der Waals surface area contributed by atoms with Crippen LogP contribution in [0.5, 0.6) is 0 Å². The fraction of sp³-hybridized carbons (Fsp3) is 0.667. The minimum atomic E-state index is 0.123. The van der Waals surface area contributed by atoms with E-state index in [2.05, 4.69) is 9.98 Å². The quantitative estimate of drug-likeness (QED) is 0.489. The molecule has 0 fully saturated rings. The molecule has 0 aromatic carbocycles. The van der Waals surface area contributed by atoms with Gasteiger partial charge in [0, 0.05) is 24.3 Å². The predicted molar refractivity (Wildman–Crippen MR) is 66.5 cm³/mol. The third-order valence-corrected chi connectivity index (χ3v) is 1.87. The lowest BCUT2D eigenvalue weighted by Gasteiger charge is -1.98. The first-order chi connectivity index (χ1) is 7.41. The Morgan fingerprint density at radius 3 is 1.31 bits per heavy atom. The van der Waals surface area contributed by atoms with Crippen molar-refractivity contribution in [3.63, 3.8) is 0 Å². The van der Waals surface area contributed by atoms with E-state index in [0.29, 0.717) is 25.9 Å². The second-order valence-electron chi connectivity index (χ2n) is 3.99. The molecular weight excluding hydrogens is 204 g/mol. The standard InChI is InChI=1S/C12H20N2O2/c1-9(7-11(3)15)13-5-6-14-10(2)8-12(4)16/h5-8H2,1-4H3/b13-9-,14-10+. The maximum atomic E-state index is 10.8. The van der Waals surface area contributed by atoms with Crippen LogP contribution in [0, 0.1) is 0 Å². The molecule has 0 aromatic rings. The average molecular weight is 224 g/mol. The summed E-state index contributed by atoms with van der Waals surface area (Å²) in [5, 5.41) is 0. The van der Waals surface area contributed by atoms with Crippen molar-refractivity contribution in [2.75, 3.05) is 13.1 Å². The van der Waals surface area contributed by atoms with Crippen LogP contribution < -0.4 is 0 Å².